The third-order valence-electron chi connectivity index (χ3n) is 2.36. The van der Waals surface area contributed by atoms with Crippen molar-refractivity contribution < 1.29 is 14.7 Å². The molecular formula is C13H9ClN2O3. The first-order valence-corrected chi connectivity index (χ1v) is 5.71. The van der Waals surface area contributed by atoms with E-state index in [2.05, 4.69) is 10.3 Å². The van der Waals surface area contributed by atoms with Crippen LogP contribution in [0.4, 0.5) is 5.69 Å². The first-order valence-electron chi connectivity index (χ1n) is 5.33. The maximum Gasteiger partial charge on any atom is 0.337 e. The highest BCUT2D eigenvalue weighted by Gasteiger charge is 2.14. The number of hydrogen-bond acceptors (Lipinski definition) is 3. The van der Waals surface area contributed by atoms with E-state index in [1.165, 1.54) is 30.5 Å². The predicted molar refractivity (Wildman–Crippen MR) is 70.6 cm³/mol. The summed E-state index contributed by atoms with van der Waals surface area (Å²) >= 11 is 5.73. The third-order valence-corrected chi connectivity index (χ3v) is 2.59. The van der Waals surface area contributed by atoms with Gasteiger partial charge in [0, 0.05) is 11.2 Å². The summed E-state index contributed by atoms with van der Waals surface area (Å²) in [6.45, 7) is 0. The van der Waals surface area contributed by atoms with Crippen molar-refractivity contribution in [2.75, 3.05) is 5.32 Å². The second kappa shape index (κ2) is 5.49. The summed E-state index contributed by atoms with van der Waals surface area (Å²) in [6.07, 6.45) is 1.48. The van der Waals surface area contributed by atoms with Gasteiger partial charge in [0.05, 0.1) is 11.3 Å². The molecule has 0 saturated carbocycles. The van der Waals surface area contributed by atoms with Crippen molar-refractivity contribution in [1.82, 2.24) is 4.98 Å². The summed E-state index contributed by atoms with van der Waals surface area (Å²) in [5.74, 6) is -1.65. The zero-order chi connectivity index (χ0) is 13.8. The van der Waals surface area contributed by atoms with E-state index in [4.69, 9.17) is 16.7 Å². The molecule has 0 atom stereocenters. The molecule has 2 N–H and O–H groups in total. The number of benzene rings is 1. The fourth-order valence-corrected chi connectivity index (χ4v) is 1.66. The number of carbonyl (C=O) groups is 2. The lowest BCUT2D eigenvalue weighted by atomic mass is 10.1. The summed E-state index contributed by atoms with van der Waals surface area (Å²) in [5, 5.41) is 11.8. The molecule has 0 spiro atoms. The van der Waals surface area contributed by atoms with Gasteiger partial charge in [-0.2, -0.15) is 0 Å². The lowest BCUT2D eigenvalue weighted by Gasteiger charge is -2.08. The second-order valence-corrected chi connectivity index (χ2v) is 4.10. The molecule has 0 unspecified atom stereocenters. The summed E-state index contributed by atoms with van der Waals surface area (Å²) in [5.41, 5.74) is 0.304. The Morgan fingerprint density at radius 1 is 1.21 bits per heavy atom. The van der Waals surface area contributed by atoms with Gasteiger partial charge in [-0.3, -0.25) is 9.78 Å². The topological polar surface area (TPSA) is 79.3 Å². The normalized spacial score (nSPS) is 9.95. The van der Waals surface area contributed by atoms with Gasteiger partial charge in [0.25, 0.3) is 5.91 Å². The average Bonchev–Trinajstić information content (AvgIpc) is 2.41. The van der Waals surface area contributed by atoms with Crippen LogP contribution in [0.3, 0.4) is 0 Å². The molecule has 19 heavy (non-hydrogen) atoms. The Kier molecular flexibility index (Phi) is 3.77. The minimum Gasteiger partial charge on any atom is -0.478 e. The van der Waals surface area contributed by atoms with Gasteiger partial charge < -0.3 is 10.4 Å². The summed E-state index contributed by atoms with van der Waals surface area (Å²) in [6, 6.07) is 9.10. The molecule has 1 aromatic carbocycles. The molecule has 2 aromatic rings. The number of pyridine rings is 1. The molecule has 1 heterocycles. The van der Waals surface area contributed by atoms with Crippen LogP contribution >= 0.6 is 11.6 Å². The number of nitrogens with zero attached hydrogens (tertiary/aromatic N) is 1. The molecular weight excluding hydrogens is 268 g/mol. The Labute approximate surface area is 113 Å². The predicted octanol–water partition coefficient (Wildman–Crippen LogP) is 2.69. The number of rotatable bonds is 3. The Bertz CT molecular complexity index is 629. The maximum absolute atomic E-state index is 11.9. The van der Waals surface area contributed by atoms with Gasteiger partial charge >= 0.3 is 5.97 Å². The van der Waals surface area contributed by atoms with Crippen molar-refractivity contribution in [3.8, 4) is 0 Å². The zero-order valence-electron chi connectivity index (χ0n) is 9.63. The molecule has 0 saturated heterocycles. The SMILES string of the molecule is O=C(Nc1ccc(Cl)cc1C(=O)O)c1ccccn1. The largest absolute Gasteiger partial charge is 0.478 e. The van der Waals surface area contributed by atoms with Crippen LogP contribution in [0.5, 0.6) is 0 Å². The van der Waals surface area contributed by atoms with E-state index in [0.29, 0.717) is 0 Å². The molecule has 1 amide bonds. The van der Waals surface area contributed by atoms with Gasteiger partial charge in [0.2, 0.25) is 0 Å². The van der Waals surface area contributed by atoms with Crippen molar-refractivity contribution >= 4 is 29.2 Å². The molecule has 2 rings (SSSR count). The van der Waals surface area contributed by atoms with Gasteiger partial charge in [0.1, 0.15) is 5.69 Å². The van der Waals surface area contributed by atoms with E-state index in [-0.39, 0.29) is 22.0 Å². The number of carboxylic acid groups (broad SMARTS) is 1. The molecule has 5 nitrogen and oxygen atoms in total. The van der Waals surface area contributed by atoms with Gasteiger partial charge in [-0.1, -0.05) is 17.7 Å². The van der Waals surface area contributed by atoms with E-state index in [9.17, 15) is 9.59 Å². The van der Waals surface area contributed by atoms with Crippen LogP contribution in [-0.4, -0.2) is 22.0 Å². The van der Waals surface area contributed by atoms with Gasteiger partial charge in [-0.05, 0) is 30.3 Å². The monoisotopic (exact) mass is 276 g/mol. The van der Waals surface area contributed by atoms with Crippen molar-refractivity contribution in [2.24, 2.45) is 0 Å². The Hall–Kier alpha value is -2.40. The minimum atomic E-state index is -1.17. The second-order valence-electron chi connectivity index (χ2n) is 3.66. The fourth-order valence-electron chi connectivity index (χ4n) is 1.49. The number of aromatic carboxylic acids is 1. The van der Waals surface area contributed by atoms with E-state index >= 15 is 0 Å². The van der Waals surface area contributed by atoms with Crippen molar-refractivity contribution in [1.29, 1.82) is 0 Å². The maximum atomic E-state index is 11.9. The number of carbonyl (C=O) groups excluding carboxylic acids is 1. The number of carboxylic acids is 1. The number of aromatic nitrogens is 1. The highest BCUT2D eigenvalue weighted by molar-refractivity contribution is 6.31. The van der Waals surface area contributed by atoms with Crippen molar-refractivity contribution in [3.63, 3.8) is 0 Å². The lowest BCUT2D eigenvalue weighted by molar-refractivity contribution is 0.0698. The van der Waals surface area contributed by atoms with Crippen LogP contribution < -0.4 is 5.32 Å². The average molecular weight is 277 g/mol. The van der Waals surface area contributed by atoms with Crippen molar-refractivity contribution in [2.45, 2.75) is 0 Å². The highest BCUT2D eigenvalue weighted by Crippen LogP contribution is 2.21. The number of halogens is 1. The van der Waals surface area contributed by atoms with Gasteiger partial charge in [-0.15, -0.1) is 0 Å². The van der Waals surface area contributed by atoms with Crippen LogP contribution in [-0.2, 0) is 0 Å². The first kappa shape index (κ1) is 13.0. The molecule has 0 bridgehead atoms. The fraction of sp³-hybridized carbons (Fsp3) is 0. The summed E-state index contributed by atoms with van der Waals surface area (Å²) in [4.78, 5) is 26.8. The number of hydrogen-bond donors (Lipinski definition) is 2. The first-order chi connectivity index (χ1) is 9.08. The van der Waals surface area contributed by atoms with Crippen LogP contribution in [0.1, 0.15) is 20.8 Å². The number of nitrogens with one attached hydrogen (secondary N) is 1. The third kappa shape index (κ3) is 3.08. The van der Waals surface area contributed by atoms with Crippen LogP contribution in [0.2, 0.25) is 5.02 Å². The number of anilines is 1. The van der Waals surface area contributed by atoms with E-state index in [1.807, 2.05) is 0 Å². The van der Waals surface area contributed by atoms with Crippen LogP contribution in [0.15, 0.2) is 42.6 Å². The van der Waals surface area contributed by atoms with E-state index < -0.39 is 11.9 Å². The minimum absolute atomic E-state index is 0.0724. The molecule has 6 heteroatoms. The molecule has 0 aliphatic rings. The standard InChI is InChI=1S/C13H9ClN2O3/c14-8-4-5-10(9(7-8)13(18)19)16-12(17)11-3-1-2-6-15-11/h1-7H,(H,16,17)(H,18,19). The molecule has 1 aromatic heterocycles. The van der Waals surface area contributed by atoms with E-state index in [0.717, 1.165) is 0 Å². The summed E-state index contributed by atoms with van der Waals surface area (Å²) in [7, 11) is 0. The Morgan fingerprint density at radius 3 is 2.63 bits per heavy atom. The van der Waals surface area contributed by atoms with Crippen LogP contribution in [0.25, 0.3) is 0 Å². The number of amides is 1. The Balaban J connectivity index is 2.29. The molecule has 0 radical (unpaired) electrons. The quantitative estimate of drug-likeness (QED) is 0.903. The van der Waals surface area contributed by atoms with E-state index in [1.54, 1.807) is 12.1 Å². The Morgan fingerprint density at radius 2 is 2.00 bits per heavy atom. The molecule has 0 aliphatic heterocycles. The molecule has 0 fully saturated rings. The van der Waals surface area contributed by atoms with Crippen LogP contribution in [0, 0.1) is 0 Å². The molecule has 96 valence electrons. The van der Waals surface area contributed by atoms with Gasteiger partial charge in [0.15, 0.2) is 0 Å². The van der Waals surface area contributed by atoms with Gasteiger partial charge in [-0.25, -0.2) is 4.79 Å². The zero-order valence-corrected chi connectivity index (χ0v) is 10.4. The molecule has 0 aliphatic carbocycles. The van der Waals surface area contributed by atoms with Crippen molar-refractivity contribution in [3.05, 3.63) is 58.9 Å². The smallest absolute Gasteiger partial charge is 0.337 e. The highest BCUT2D eigenvalue weighted by atomic mass is 35.5. The summed E-state index contributed by atoms with van der Waals surface area (Å²) < 4.78 is 0. The lowest BCUT2D eigenvalue weighted by Crippen LogP contribution is -2.15.